The van der Waals surface area contributed by atoms with Crippen molar-refractivity contribution in [2.75, 3.05) is 5.73 Å². The van der Waals surface area contributed by atoms with Crippen LogP contribution < -0.4 is 5.73 Å². The molecule has 5 aromatic rings. The van der Waals surface area contributed by atoms with Gasteiger partial charge in [-0.05, 0) is 53.5 Å². The number of pyridine rings is 2. The molecule has 0 radical (unpaired) electrons. The van der Waals surface area contributed by atoms with Crippen molar-refractivity contribution >= 4 is 28.5 Å². The zero-order chi connectivity index (χ0) is 20.7. The molecular weight excluding hydrogens is 403 g/mol. The smallest absolute Gasteiger partial charge is 0.165 e. The van der Waals surface area contributed by atoms with Crippen LogP contribution in [-0.4, -0.2) is 29.0 Å². The Kier molecular flexibility index (Phi) is 4.46. The van der Waals surface area contributed by atoms with Crippen LogP contribution in [0.1, 0.15) is 5.56 Å². The summed E-state index contributed by atoms with van der Waals surface area (Å²) in [4.78, 5) is 13.6. The highest BCUT2D eigenvalue weighted by molar-refractivity contribution is 7.04. The van der Waals surface area contributed by atoms with Gasteiger partial charge in [0.15, 0.2) is 11.5 Å². The van der Waals surface area contributed by atoms with E-state index in [1.165, 1.54) is 17.6 Å². The molecule has 1 aromatic carbocycles. The molecule has 0 spiro atoms. The summed E-state index contributed by atoms with van der Waals surface area (Å²) >= 11 is 1.25. The lowest BCUT2D eigenvalue weighted by Gasteiger charge is -2.09. The summed E-state index contributed by atoms with van der Waals surface area (Å²) in [7, 11) is 0. The number of halogens is 1. The number of hydrogen-bond donors (Lipinski definition) is 2. The molecule has 5 rings (SSSR count). The van der Waals surface area contributed by atoms with E-state index in [1.807, 2.05) is 40.3 Å². The van der Waals surface area contributed by atoms with E-state index in [2.05, 4.69) is 9.36 Å². The van der Waals surface area contributed by atoms with E-state index in [-0.39, 0.29) is 6.61 Å². The first kappa shape index (κ1) is 18.3. The molecule has 0 bridgehead atoms. The van der Waals surface area contributed by atoms with E-state index >= 15 is 0 Å². The summed E-state index contributed by atoms with van der Waals surface area (Å²) in [6, 6.07) is 14.0. The number of fused-ring (bicyclic) bond motifs is 1. The average molecular weight is 418 g/mol. The highest BCUT2D eigenvalue weighted by atomic mass is 32.1. The van der Waals surface area contributed by atoms with Crippen LogP contribution in [0.5, 0.6) is 0 Å². The van der Waals surface area contributed by atoms with Crippen LogP contribution in [0.3, 0.4) is 0 Å². The fourth-order valence-corrected chi connectivity index (χ4v) is 3.81. The van der Waals surface area contributed by atoms with Crippen molar-refractivity contribution < 1.29 is 9.50 Å². The average Bonchev–Trinajstić information content (AvgIpc) is 3.36. The van der Waals surface area contributed by atoms with Crippen molar-refractivity contribution in [1.82, 2.24) is 23.9 Å². The van der Waals surface area contributed by atoms with Gasteiger partial charge in [0.05, 0.1) is 29.8 Å². The molecule has 0 unspecified atom stereocenters. The van der Waals surface area contributed by atoms with Gasteiger partial charge in [-0.3, -0.25) is 9.55 Å². The van der Waals surface area contributed by atoms with E-state index < -0.39 is 5.82 Å². The molecular formula is C21H15FN6OS. The minimum Gasteiger partial charge on any atom is -0.392 e. The molecule has 0 atom stereocenters. The number of imidazole rings is 1. The van der Waals surface area contributed by atoms with Gasteiger partial charge in [-0.15, -0.1) is 0 Å². The number of rotatable bonds is 4. The number of anilines is 1. The Morgan fingerprint density at radius 1 is 1.00 bits per heavy atom. The maximum absolute atomic E-state index is 13.3. The Hall–Kier alpha value is -3.69. The van der Waals surface area contributed by atoms with E-state index in [9.17, 15) is 9.50 Å². The number of aromatic nitrogens is 5. The lowest BCUT2D eigenvalue weighted by molar-refractivity contribution is 0.282. The van der Waals surface area contributed by atoms with Crippen LogP contribution in [0.15, 0.2) is 60.1 Å². The molecule has 0 amide bonds. The number of aliphatic hydroxyl groups is 1. The van der Waals surface area contributed by atoms with Gasteiger partial charge >= 0.3 is 0 Å². The summed E-state index contributed by atoms with van der Waals surface area (Å²) in [5.74, 6) is 0.602. The first-order chi connectivity index (χ1) is 14.6. The number of benzene rings is 1. The first-order valence-electron chi connectivity index (χ1n) is 9.06. The Balaban J connectivity index is 1.76. The first-order valence-corrected chi connectivity index (χ1v) is 9.89. The van der Waals surface area contributed by atoms with Crippen molar-refractivity contribution in [3.63, 3.8) is 0 Å². The van der Waals surface area contributed by atoms with Crippen molar-refractivity contribution in [2.24, 2.45) is 0 Å². The Morgan fingerprint density at radius 3 is 2.47 bits per heavy atom. The number of nitrogens with two attached hydrogens (primary N) is 1. The molecule has 0 fully saturated rings. The fourth-order valence-electron chi connectivity index (χ4n) is 3.22. The highest BCUT2D eigenvalue weighted by Crippen LogP contribution is 2.32. The van der Waals surface area contributed by atoms with Gasteiger partial charge in [0.25, 0.3) is 0 Å². The predicted octanol–water partition coefficient (Wildman–Crippen LogP) is 3.82. The van der Waals surface area contributed by atoms with Gasteiger partial charge in [0.1, 0.15) is 17.2 Å². The van der Waals surface area contributed by atoms with Crippen LogP contribution in [0.2, 0.25) is 0 Å². The van der Waals surface area contributed by atoms with Crippen molar-refractivity contribution in [1.29, 1.82) is 0 Å². The molecule has 0 aliphatic rings. The second-order valence-corrected chi connectivity index (χ2v) is 7.24. The quantitative estimate of drug-likeness (QED) is 0.460. The van der Waals surface area contributed by atoms with E-state index in [0.717, 1.165) is 17.4 Å². The number of nitrogen functional groups attached to an aromatic ring is 1. The number of nitrogens with zero attached hydrogens (tertiary/aromatic N) is 5. The molecule has 0 saturated carbocycles. The van der Waals surface area contributed by atoms with Gasteiger partial charge < -0.3 is 10.8 Å². The third-order valence-corrected chi connectivity index (χ3v) is 5.35. The van der Waals surface area contributed by atoms with Gasteiger partial charge in [0, 0.05) is 11.1 Å². The van der Waals surface area contributed by atoms with Crippen LogP contribution in [0, 0.1) is 5.82 Å². The standard InChI is InChI=1S/C21H15FN6OS/c22-13-3-6-16(24-9-13)17-7-8-18-21(25-17)28(14-4-1-12(10-29)2-5-14)20(26-18)15-11-30-27-19(15)23/h1-9,11,29H,10H2,(H2,23,27). The monoisotopic (exact) mass is 418 g/mol. The largest absolute Gasteiger partial charge is 0.392 e. The maximum Gasteiger partial charge on any atom is 0.165 e. The Bertz CT molecular complexity index is 1340. The minimum absolute atomic E-state index is 0.0438. The van der Waals surface area contributed by atoms with Crippen LogP contribution in [-0.2, 0) is 6.61 Å². The molecule has 4 heterocycles. The van der Waals surface area contributed by atoms with E-state index in [1.54, 1.807) is 12.1 Å². The molecule has 9 heteroatoms. The zero-order valence-corrected chi connectivity index (χ0v) is 16.3. The molecule has 4 aromatic heterocycles. The van der Waals surface area contributed by atoms with Gasteiger partial charge in [-0.2, -0.15) is 4.37 Å². The van der Waals surface area contributed by atoms with Gasteiger partial charge in [-0.1, -0.05) is 12.1 Å². The maximum atomic E-state index is 13.3. The fraction of sp³-hybridized carbons (Fsp3) is 0.0476. The molecule has 30 heavy (non-hydrogen) atoms. The van der Waals surface area contributed by atoms with Crippen LogP contribution in [0.4, 0.5) is 10.2 Å². The normalized spacial score (nSPS) is 11.3. The van der Waals surface area contributed by atoms with Crippen LogP contribution >= 0.6 is 11.5 Å². The molecule has 0 aliphatic carbocycles. The lowest BCUT2D eigenvalue weighted by atomic mass is 10.2. The lowest BCUT2D eigenvalue weighted by Crippen LogP contribution is -2.01. The molecule has 7 nitrogen and oxygen atoms in total. The van der Waals surface area contributed by atoms with Crippen molar-refractivity contribution in [3.05, 3.63) is 71.5 Å². The summed E-state index contributed by atoms with van der Waals surface area (Å²) < 4.78 is 19.3. The summed E-state index contributed by atoms with van der Waals surface area (Å²) in [6.45, 7) is -0.0438. The summed E-state index contributed by atoms with van der Waals surface area (Å²) in [5.41, 5.74) is 10.8. The number of aliphatic hydroxyl groups excluding tert-OH is 1. The Labute approximate surface area is 174 Å². The van der Waals surface area contributed by atoms with Crippen molar-refractivity contribution in [2.45, 2.75) is 6.61 Å². The highest BCUT2D eigenvalue weighted by Gasteiger charge is 2.19. The third-order valence-electron chi connectivity index (χ3n) is 4.71. The third kappa shape index (κ3) is 3.10. The number of hydrogen-bond acceptors (Lipinski definition) is 7. The summed E-state index contributed by atoms with van der Waals surface area (Å²) in [5, 5.41) is 11.2. The predicted molar refractivity (Wildman–Crippen MR) is 113 cm³/mol. The van der Waals surface area contributed by atoms with Gasteiger partial charge in [0.2, 0.25) is 0 Å². The minimum atomic E-state index is -0.406. The van der Waals surface area contributed by atoms with E-state index in [4.69, 9.17) is 15.7 Å². The van der Waals surface area contributed by atoms with E-state index in [0.29, 0.717) is 39.8 Å². The molecule has 3 N–H and O–H groups in total. The van der Waals surface area contributed by atoms with Crippen LogP contribution in [0.25, 0.3) is 39.6 Å². The van der Waals surface area contributed by atoms with Crippen molar-refractivity contribution in [3.8, 4) is 28.5 Å². The summed E-state index contributed by atoms with van der Waals surface area (Å²) in [6.07, 6.45) is 1.16. The molecule has 148 valence electrons. The SMILES string of the molecule is Nc1nscc1-c1nc2ccc(-c3ccc(F)cn3)nc2n1-c1ccc(CO)cc1. The Morgan fingerprint density at radius 2 is 1.80 bits per heavy atom. The molecule has 0 aliphatic heterocycles. The second-order valence-electron chi connectivity index (χ2n) is 6.61. The topological polar surface area (TPSA) is 103 Å². The molecule has 0 saturated heterocycles. The van der Waals surface area contributed by atoms with Gasteiger partial charge in [-0.25, -0.2) is 14.4 Å². The second kappa shape index (κ2) is 7.29. The zero-order valence-electron chi connectivity index (χ0n) is 15.5.